The normalized spacial score (nSPS) is 10.8. The lowest BCUT2D eigenvalue weighted by Gasteiger charge is -2.07. The van der Waals surface area contributed by atoms with E-state index in [9.17, 15) is 9.18 Å². The fourth-order valence-corrected chi connectivity index (χ4v) is 3.13. The predicted octanol–water partition coefficient (Wildman–Crippen LogP) is 3.40. The minimum Gasteiger partial charge on any atom is -0.494 e. The Morgan fingerprint density at radius 2 is 2.00 bits per heavy atom. The molecule has 3 aromatic rings. The van der Waals surface area contributed by atoms with Crippen molar-refractivity contribution in [1.29, 1.82) is 0 Å². The van der Waals surface area contributed by atoms with Crippen LogP contribution in [0.3, 0.4) is 0 Å². The number of halogens is 1. The summed E-state index contributed by atoms with van der Waals surface area (Å²) in [4.78, 5) is 12.3. The van der Waals surface area contributed by atoms with Crippen molar-refractivity contribution in [3.63, 3.8) is 0 Å². The molecule has 8 heteroatoms. The van der Waals surface area contributed by atoms with Crippen LogP contribution < -0.4 is 4.74 Å². The highest BCUT2D eigenvalue weighted by Crippen LogP contribution is 2.23. The number of rotatable bonds is 6. The molecule has 0 radical (unpaired) electrons. The number of aromatic nitrogens is 4. The lowest BCUT2D eigenvalue weighted by Crippen LogP contribution is -2.06. The van der Waals surface area contributed by atoms with E-state index in [1.165, 1.54) is 42.6 Å². The Hall–Kier alpha value is -2.74. The molecule has 134 valence electrons. The average molecular weight is 372 g/mol. The summed E-state index contributed by atoms with van der Waals surface area (Å²) >= 11 is 1.20. The van der Waals surface area contributed by atoms with Gasteiger partial charge in [0, 0.05) is 5.56 Å². The van der Waals surface area contributed by atoms with Gasteiger partial charge in [-0.2, -0.15) is 4.68 Å². The molecule has 3 rings (SSSR count). The van der Waals surface area contributed by atoms with E-state index in [2.05, 4.69) is 15.5 Å². The van der Waals surface area contributed by atoms with Crippen molar-refractivity contribution in [2.45, 2.75) is 19.0 Å². The third kappa shape index (κ3) is 3.75. The first-order valence-electron chi connectivity index (χ1n) is 7.85. The summed E-state index contributed by atoms with van der Waals surface area (Å²) in [6.07, 6.45) is 0. The zero-order chi connectivity index (χ0) is 18.7. The molecule has 0 aliphatic carbocycles. The molecular formula is C18H17FN4O2S. The molecule has 26 heavy (non-hydrogen) atoms. The Morgan fingerprint density at radius 1 is 1.19 bits per heavy atom. The Balaban J connectivity index is 1.74. The molecule has 0 aliphatic heterocycles. The minimum absolute atomic E-state index is 0.0942. The Kier molecular flexibility index (Phi) is 5.32. The monoisotopic (exact) mass is 372 g/mol. The van der Waals surface area contributed by atoms with Gasteiger partial charge < -0.3 is 4.74 Å². The van der Waals surface area contributed by atoms with Crippen LogP contribution in [0.15, 0.2) is 41.6 Å². The van der Waals surface area contributed by atoms with Crippen LogP contribution in [0.2, 0.25) is 0 Å². The van der Waals surface area contributed by atoms with Crippen molar-refractivity contribution in [2.24, 2.45) is 0 Å². The number of benzene rings is 2. The van der Waals surface area contributed by atoms with E-state index in [1.54, 1.807) is 4.68 Å². The van der Waals surface area contributed by atoms with Gasteiger partial charge in [0.25, 0.3) is 0 Å². The SMILES string of the molecule is COc1ccc(C(=O)CSc2nnnn2-c2ccc(C)c(C)c2)cc1F. The van der Waals surface area contributed by atoms with Crippen molar-refractivity contribution >= 4 is 17.5 Å². The first-order chi connectivity index (χ1) is 12.5. The largest absolute Gasteiger partial charge is 0.494 e. The first-order valence-corrected chi connectivity index (χ1v) is 8.83. The Bertz CT molecular complexity index is 958. The van der Waals surface area contributed by atoms with Gasteiger partial charge in [-0.05, 0) is 65.7 Å². The zero-order valence-corrected chi connectivity index (χ0v) is 15.4. The van der Waals surface area contributed by atoms with Crippen molar-refractivity contribution in [3.8, 4) is 11.4 Å². The van der Waals surface area contributed by atoms with Crippen molar-refractivity contribution in [2.75, 3.05) is 12.9 Å². The number of thioether (sulfide) groups is 1. The van der Waals surface area contributed by atoms with Crippen LogP contribution in [0.1, 0.15) is 21.5 Å². The third-order valence-electron chi connectivity index (χ3n) is 3.98. The molecule has 0 atom stereocenters. The number of hydrogen-bond acceptors (Lipinski definition) is 6. The van der Waals surface area contributed by atoms with Gasteiger partial charge in [-0.15, -0.1) is 5.10 Å². The van der Waals surface area contributed by atoms with E-state index in [4.69, 9.17) is 4.74 Å². The van der Waals surface area contributed by atoms with Gasteiger partial charge in [-0.25, -0.2) is 4.39 Å². The zero-order valence-electron chi connectivity index (χ0n) is 14.6. The maximum absolute atomic E-state index is 13.8. The number of ketones is 1. The number of methoxy groups -OCH3 is 1. The highest BCUT2D eigenvalue weighted by molar-refractivity contribution is 7.99. The quantitative estimate of drug-likeness (QED) is 0.488. The summed E-state index contributed by atoms with van der Waals surface area (Å²) in [5, 5.41) is 12.2. The Morgan fingerprint density at radius 3 is 2.69 bits per heavy atom. The van der Waals surface area contributed by atoms with E-state index < -0.39 is 5.82 Å². The predicted molar refractivity (Wildman–Crippen MR) is 96.6 cm³/mol. The smallest absolute Gasteiger partial charge is 0.214 e. The van der Waals surface area contributed by atoms with Gasteiger partial charge in [0.15, 0.2) is 17.3 Å². The molecular weight excluding hydrogens is 355 g/mol. The molecule has 2 aromatic carbocycles. The van der Waals surface area contributed by atoms with E-state index in [1.807, 2.05) is 32.0 Å². The van der Waals surface area contributed by atoms with Gasteiger partial charge in [0.05, 0.1) is 18.6 Å². The molecule has 6 nitrogen and oxygen atoms in total. The summed E-state index contributed by atoms with van der Waals surface area (Å²) < 4.78 is 20.2. The van der Waals surface area contributed by atoms with E-state index in [0.717, 1.165) is 11.3 Å². The van der Waals surface area contributed by atoms with Crippen LogP contribution in [0.5, 0.6) is 5.75 Å². The summed E-state index contributed by atoms with van der Waals surface area (Å²) in [5.74, 6) is -0.584. The molecule has 0 bridgehead atoms. The number of tetrazole rings is 1. The molecule has 0 fully saturated rings. The van der Waals surface area contributed by atoms with Gasteiger partial charge in [-0.3, -0.25) is 4.79 Å². The molecule has 0 amide bonds. The lowest BCUT2D eigenvalue weighted by atomic mass is 10.1. The van der Waals surface area contributed by atoms with Crippen LogP contribution in [-0.4, -0.2) is 38.9 Å². The molecule has 0 unspecified atom stereocenters. The van der Waals surface area contributed by atoms with Crippen LogP contribution in [-0.2, 0) is 0 Å². The van der Waals surface area contributed by atoms with E-state index in [-0.39, 0.29) is 22.8 Å². The molecule has 0 saturated heterocycles. The van der Waals surface area contributed by atoms with Crippen LogP contribution >= 0.6 is 11.8 Å². The second kappa shape index (κ2) is 7.65. The summed E-state index contributed by atoms with van der Waals surface area (Å²) in [6, 6.07) is 10.0. The number of carbonyl (C=O) groups excluding carboxylic acids is 1. The minimum atomic E-state index is -0.566. The van der Waals surface area contributed by atoms with Crippen LogP contribution in [0, 0.1) is 19.7 Å². The molecule has 0 saturated carbocycles. The first kappa shape index (κ1) is 18.1. The lowest BCUT2D eigenvalue weighted by molar-refractivity contribution is 0.102. The fourth-order valence-electron chi connectivity index (χ4n) is 2.34. The maximum atomic E-state index is 13.8. The van der Waals surface area contributed by atoms with Gasteiger partial charge in [0.1, 0.15) is 0 Å². The molecule has 0 N–H and O–H groups in total. The van der Waals surface area contributed by atoms with Crippen LogP contribution in [0.25, 0.3) is 5.69 Å². The fraction of sp³-hybridized carbons (Fsp3) is 0.222. The second-order valence-corrected chi connectivity index (χ2v) is 6.65. The average Bonchev–Trinajstić information content (AvgIpc) is 3.10. The molecule has 1 aromatic heterocycles. The summed E-state index contributed by atoms with van der Waals surface area (Å²) in [6.45, 7) is 4.04. The maximum Gasteiger partial charge on any atom is 0.214 e. The molecule has 0 aliphatic rings. The topological polar surface area (TPSA) is 69.9 Å². The number of carbonyl (C=O) groups is 1. The van der Waals surface area contributed by atoms with E-state index >= 15 is 0 Å². The number of hydrogen-bond donors (Lipinski definition) is 0. The highest BCUT2D eigenvalue weighted by atomic mass is 32.2. The molecule has 0 spiro atoms. The molecule has 1 heterocycles. The second-order valence-electron chi connectivity index (χ2n) is 5.70. The Labute approximate surface area is 154 Å². The standard InChI is InChI=1S/C18H17FN4O2S/c1-11-4-6-14(8-12(11)2)23-18(20-21-22-23)26-10-16(24)13-5-7-17(25-3)15(19)9-13/h4-9H,10H2,1-3H3. The van der Waals surface area contributed by atoms with E-state index in [0.29, 0.717) is 5.16 Å². The van der Waals surface area contributed by atoms with Crippen LogP contribution in [0.4, 0.5) is 4.39 Å². The van der Waals surface area contributed by atoms with Gasteiger partial charge >= 0.3 is 0 Å². The number of Topliss-reactive ketones (excluding diaryl/α,β-unsaturated/α-hetero) is 1. The van der Waals surface area contributed by atoms with Gasteiger partial charge in [0.2, 0.25) is 5.16 Å². The number of ether oxygens (including phenoxy) is 1. The van der Waals surface area contributed by atoms with Crippen molar-refractivity contribution in [3.05, 3.63) is 58.9 Å². The van der Waals surface area contributed by atoms with Crippen molar-refractivity contribution in [1.82, 2.24) is 20.2 Å². The number of nitrogens with zero attached hydrogens (tertiary/aromatic N) is 4. The van der Waals surface area contributed by atoms with Crippen molar-refractivity contribution < 1.29 is 13.9 Å². The van der Waals surface area contributed by atoms with Gasteiger partial charge in [-0.1, -0.05) is 17.8 Å². The third-order valence-corrected chi connectivity index (χ3v) is 4.90. The summed E-state index contributed by atoms with van der Waals surface area (Å²) in [5.41, 5.74) is 3.40. The summed E-state index contributed by atoms with van der Waals surface area (Å²) in [7, 11) is 1.38. The highest BCUT2D eigenvalue weighted by Gasteiger charge is 2.15. The number of aryl methyl sites for hydroxylation is 2.